The van der Waals surface area contributed by atoms with Gasteiger partial charge in [-0.1, -0.05) is 6.07 Å². The molecule has 0 saturated carbocycles. The van der Waals surface area contributed by atoms with Gasteiger partial charge >= 0.3 is 0 Å². The molecule has 0 aromatic carbocycles. The van der Waals surface area contributed by atoms with Crippen LogP contribution in [0.2, 0.25) is 0 Å². The standard InChI is InChI=1S/C11H16N4O/c12-11(13)9-3-1-4-10(14-9)15-5-2-7-16-8-6-15/h1,3-4H,2,5-8H2,(H3,12,13). The van der Waals surface area contributed by atoms with Crippen molar-refractivity contribution in [2.75, 3.05) is 31.2 Å². The third kappa shape index (κ3) is 2.49. The van der Waals surface area contributed by atoms with Crippen molar-refractivity contribution in [1.29, 1.82) is 5.41 Å². The molecule has 1 aromatic heterocycles. The maximum atomic E-state index is 7.36. The molecule has 0 bridgehead atoms. The molecule has 0 spiro atoms. The summed E-state index contributed by atoms with van der Waals surface area (Å²) in [5.74, 6) is 0.881. The lowest BCUT2D eigenvalue weighted by molar-refractivity contribution is 0.152. The Balaban J connectivity index is 2.18. The molecular weight excluding hydrogens is 204 g/mol. The van der Waals surface area contributed by atoms with E-state index in [-0.39, 0.29) is 5.84 Å². The summed E-state index contributed by atoms with van der Waals surface area (Å²) < 4.78 is 5.39. The Morgan fingerprint density at radius 3 is 3.06 bits per heavy atom. The minimum Gasteiger partial charge on any atom is -0.382 e. The number of anilines is 1. The highest BCUT2D eigenvalue weighted by Gasteiger charge is 2.11. The summed E-state index contributed by atoms with van der Waals surface area (Å²) >= 11 is 0. The van der Waals surface area contributed by atoms with Crippen LogP contribution in [-0.4, -0.2) is 37.1 Å². The molecule has 2 rings (SSSR count). The van der Waals surface area contributed by atoms with Gasteiger partial charge in [0.2, 0.25) is 0 Å². The molecular formula is C11H16N4O. The van der Waals surface area contributed by atoms with E-state index in [0.29, 0.717) is 5.69 Å². The lowest BCUT2D eigenvalue weighted by Crippen LogP contribution is -2.27. The molecule has 0 aliphatic carbocycles. The van der Waals surface area contributed by atoms with Crippen LogP contribution in [0.25, 0.3) is 0 Å². The van der Waals surface area contributed by atoms with Crippen LogP contribution >= 0.6 is 0 Å². The maximum absolute atomic E-state index is 7.36. The van der Waals surface area contributed by atoms with Gasteiger partial charge in [-0.3, -0.25) is 5.41 Å². The quantitative estimate of drug-likeness (QED) is 0.565. The van der Waals surface area contributed by atoms with Crippen molar-refractivity contribution < 1.29 is 4.74 Å². The fourth-order valence-electron chi connectivity index (χ4n) is 1.72. The molecule has 0 amide bonds. The molecule has 1 aliphatic rings. The monoisotopic (exact) mass is 220 g/mol. The number of rotatable bonds is 2. The van der Waals surface area contributed by atoms with Crippen LogP contribution in [0.15, 0.2) is 18.2 Å². The summed E-state index contributed by atoms with van der Waals surface area (Å²) in [4.78, 5) is 6.52. The first-order chi connectivity index (χ1) is 7.77. The number of pyridine rings is 1. The van der Waals surface area contributed by atoms with Gasteiger partial charge < -0.3 is 15.4 Å². The molecule has 3 N–H and O–H groups in total. The first kappa shape index (κ1) is 10.9. The molecule has 0 atom stereocenters. The predicted octanol–water partition coefficient (Wildman–Crippen LogP) is 0.592. The SMILES string of the molecule is N=C(N)c1cccc(N2CCCOCC2)n1. The Morgan fingerprint density at radius 2 is 2.25 bits per heavy atom. The number of hydrogen-bond acceptors (Lipinski definition) is 4. The third-order valence-corrected chi connectivity index (χ3v) is 2.56. The number of nitrogen functional groups attached to an aromatic ring is 1. The zero-order chi connectivity index (χ0) is 11.4. The van der Waals surface area contributed by atoms with E-state index in [2.05, 4.69) is 9.88 Å². The van der Waals surface area contributed by atoms with Crippen LogP contribution in [-0.2, 0) is 4.74 Å². The summed E-state index contributed by atoms with van der Waals surface area (Å²) in [6.07, 6.45) is 1.01. The van der Waals surface area contributed by atoms with E-state index in [9.17, 15) is 0 Å². The van der Waals surface area contributed by atoms with Gasteiger partial charge in [0.15, 0.2) is 0 Å². The molecule has 1 saturated heterocycles. The number of hydrogen-bond donors (Lipinski definition) is 2. The zero-order valence-corrected chi connectivity index (χ0v) is 9.15. The number of nitrogens with two attached hydrogens (primary N) is 1. The molecule has 16 heavy (non-hydrogen) atoms. The summed E-state index contributed by atoms with van der Waals surface area (Å²) in [6, 6.07) is 5.57. The number of ether oxygens (including phenoxy) is 1. The summed E-state index contributed by atoms with van der Waals surface area (Å²) in [7, 11) is 0. The van der Waals surface area contributed by atoms with E-state index in [4.69, 9.17) is 15.9 Å². The largest absolute Gasteiger partial charge is 0.382 e. The second kappa shape index (κ2) is 4.94. The van der Waals surface area contributed by atoms with Gasteiger partial charge in [0.1, 0.15) is 17.3 Å². The van der Waals surface area contributed by atoms with Gasteiger partial charge in [-0.15, -0.1) is 0 Å². The molecule has 1 aromatic rings. The van der Waals surface area contributed by atoms with Crippen molar-refractivity contribution in [1.82, 2.24) is 4.98 Å². The van der Waals surface area contributed by atoms with Crippen LogP contribution in [0.1, 0.15) is 12.1 Å². The molecule has 86 valence electrons. The van der Waals surface area contributed by atoms with Gasteiger partial charge in [0.05, 0.1) is 6.61 Å². The van der Waals surface area contributed by atoms with Crippen LogP contribution in [0.3, 0.4) is 0 Å². The fourth-order valence-corrected chi connectivity index (χ4v) is 1.72. The predicted molar refractivity (Wildman–Crippen MR) is 62.9 cm³/mol. The first-order valence-electron chi connectivity index (χ1n) is 5.41. The second-order valence-electron chi connectivity index (χ2n) is 3.75. The highest BCUT2D eigenvalue weighted by atomic mass is 16.5. The van der Waals surface area contributed by atoms with Gasteiger partial charge in [-0.05, 0) is 18.6 Å². The summed E-state index contributed by atoms with van der Waals surface area (Å²) in [5, 5.41) is 7.36. The Morgan fingerprint density at radius 1 is 1.38 bits per heavy atom. The average molecular weight is 220 g/mol. The summed E-state index contributed by atoms with van der Waals surface area (Å²) in [6.45, 7) is 3.32. The van der Waals surface area contributed by atoms with Crippen LogP contribution in [0.4, 0.5) is 5.82 Å². The molecule has 1 aliphatic heterocycles. The van der Waals surface area contributed by atoms with Crippen molar-refractivity contribution in [2.24, 2.45) is 5.73 Å². The van der Waals surface area contributed by atoms with E-state index in [1.165, 1.54) is 0 Å². The van der Waals surface area contributed by atoms with Gasteiger partial charge in [-0.2, -0.15) is 0 Å². The van der Waals surface area contributed by atoms with Gasteiger partial charge in [0, 0.05) is 19.7 Å². The van der Waals surface area contributed by atoms with Crippen LogP contribution in [0.5, 0.6) is 0 Å². The minimum atomic E-state index is 0.00734. The van der Waals surface area contributed by atoms with E-state index in [1.807, 2.05) is 12.1 Å². The lowest BCUT2D eigenvalue weighted by atomic mass is 10.3. The van der Waals surface area contributed by atoms with Crippen molar-refractivity contribution >= 4 is 11.7 Å². The first-order valence-corrected chi connectivity index (χ1v) is 5.41. The number of nitrogens with one attached hydrogen (secondary N) is 1. The van der Waals surface area contributed by atoms with Crippen molar-refractivity contribution in [3.05, 3.63) is 23.9 Å². The topological polar surface area (TPSA) is 75.2 Å². The highest BCUT2D eigenvalue weighted by Crippen LogP contribution is 2.13. The molecule has 5 nitrogen and oxygen atoms in total. The van der Waals surface area contributed by atoms with Crippen LogP contribution < -0.4 is 10.6 Å². The van der Waals surface area contributed by atoms with E-state index >= 15 is 0 Å². The Hall–Kier alpha value is -1.62. The van der Waals surface area contributed by atoms with Gasteiger partial charge in [-0.25, -0.2) is 4.98 Å². The van der Waals surface area contributed by atoms with Crippen molar-refractivity contribution in [3.63, 3.8) is 0 Å². The van der Waals surface area contributed by atoms with Gasteiger partial charge in [0.25, 0.3) is 0 Å². The number of nitrogens with zero attached hydrogens (tertiary/aromatic N) is 2. The third-order valence-electron chi connectivity index (χ3n) is 2.56. The minimum absolute atomic E-state index is 0.00734. The normalized spacial score (nSPS) is 16.9. The Bertz CT molecular complexity index is 372. The molecule has 5 heteroatoms. The second-order valence-corrected chi connectivity index (χ2v) is 3.75. The lowest BCUT2D eigenvalue weighted by Gasteiger charge is -2.20. The van der Waals surface area contributed by atoms with Crippen molar-refractivity contribution in [2.45, 2.75) is 6.42 Å². The molecule has 0 unspecified atom stereocenters. The molecule has 2 heterocycles. The van der Waals surface area contributed by atoms with Crippen LogP contribution in [0, 0.1) is 5.41 Å². The zero-order valence-electron chi connectivity index (χ0n) is 9.15. The highest BCUT2D eigenvalue weighted by molar-refractivity contribution is 5.93. The fraction of sp³-hybridized carbons (Fsp3) is 0.455. The smallest absolute Gasteiger partial charge is 0.141 e. The molecule has 1 fully saturated rings. The number of aromatic nitrogens is 1. The van der Waals surface area contributed by atoms with E-state index in [1.54, 1.807) is 6.07 Å². The number of amidine groups is 1. The Kier molecular flexibility index (Phi) is 3.36. The molecule has 0 radical (unpaired) electrons. The average Bonchev–Trinajstić information content (AvgIpc) is 2.57. The van der Waals surface area contributed by atoms with E-state index < -0.39 is 0 Å². The van der Waals surface area contributed by atoms with Crippen molar-refractivity contribution in [3.8, 4) is 0 Å². The van der Waals surface area contributed by atoms with E-state index in [0.717, 1.165) is 38.5 Å². The maximum Gasteiger partial charge on any atom is 0.141 e. The summed E-state index contributed by atoms with van der Waals surface area (Å²) in [5.41, 5.74) is 5.95. The Labute approximate surface area is 94.7 Å².